The molecule has 0 aliphatic carbocycles. The van der Waals surface area contributed by atoms with E-state index in [1.165, 1.54) is 12.1 Å². The molecular weight excluding hydrogens is 249 g/mol. The Balaban J connectivity index is 1.97. The fourth-order valence-corrected chi connectivity index (χ4v) is 1.56. The number of benzene rings is 1. The summed E-state index contributed by atoms with van der Waals surface area (Å²) in [5, 5.41) is 3.13. The molecule has 0 unspecified atom stereocenters. The van der Waals surface area contributed by atoms with Gasteiger partial charge in [0.2, 0.25) is 0 Å². The largest absolute Gasteiger partial charge is 0.389 e. The average molecular weight is 261 g/mol. The fourth-order valence-electron chi connectivity index (χ4n) is 1.44. The first-order valence-corrected chi connectivity index (χ1v) is 5.80. The van der Waals surface area contributed by atoms with Crippen molar-refractivity contribution >= 4 is 23.0 Å². The zero-order valence-corrected chi connectivity index (χ0v) is 10.4. The third-order valence-corrected chi connectivity index (χ3v) is 2.67. The SMILES string of the molecule is NC(=S)c1ccc(NCc2ccc(F)cc2)nc1. The number of halogens is 1. The Morgan fingerprint density at radius 2 is 1.94 bits per heavy atom. The molecule has 1 aromatic carbocycles. The van der Waals surface area contributed by atoms with Gasteiger partial charge in [-0.15, -0.1) is 0 Å². The maximum Gasteiger partial charge on any atom is 0.126 e. The van der Waals surface area contributed by atoms with E-state index in [0.717, 1.165) is 16.9 Å². The quantitative estimate of drug-likeness (QED) is 0.830. The minimum absolute atomic E-state index is 0.238. The molecule has 0 saturated heterocycles. The second-order valence-electron chi connectivity index (χ2n) is 3.78. The smallest absolute Gasteiger partial charge is 0.126 e. The maximum absolute atomic E-state index is 12.7. The number of nitrogens with one attached hydrogen (secondary N) is 1. The van der Waals surface area contributed by atoms with Crippen molar-refractivity contribution in [3.8, 4) is 0 Å². The van der Waals surface area contributed by atoms with Crippen LogP contribution in [-0.4, -0.2) is 9.97 Å². The zero-order chi connectivity index (χ0) is 13.0. The lowest BCUT2D eigenvalue weighted by molar-refractivity contribution is 0.627. The highest BCUT2D eigenvalue weighted by atomic mass is 32.1. The molecule has 92 valence electrons. The number of pyridine rings is 1. The summed E-state index contributed by atoms with van der Waals surface area (Å²) in [6.07, 6.45) is 1.62. The Morgan fingerprint density at radius 1 is 1.22 bits per heavy atom. The van der Waals surface area contributed by atoms with Crippen molar-refractivity contribution in [2.45, 2.75) is 6.54 Å². The van der Waals surface area contributed by atoms with Gasteiger partial charge in [-0.05, 0) is 29.8 Å². The predicted octanol–water partition coefficient (Wildman–Crippen LogP) is 2.47. The molecule has 5 heteroatoms. The monoisotopic (exact) mass is 261 g/mol. The van der Waals surface area contributed by atoms with Gasteiger partial charge in [0, 0.05) is 18.3 Å². The average Bonchev–Trinajstić information content (AvgIpc) is 2.38. The van der Waals surface area contributed by atoms with Crippen molar-refractivity contribution < 1.29 is 4.39 Å². The summed E-state index contributed by atoms with van der Waals surface area (Å²) >= 11 is 4.84. The fraction of sp³-hybridized carbons (Fsp3) is 0.0769. The third kappa shape index (κ3) is 3.24. The van der Waals surface area contributed by atoms with Crippen molar-refractivity contribution in [2.75, 3.05) is 5.32 Å². The lowest BCUT2D eigenvalue weighted by Gasteiger charge is -2.06. The molecule has 0 amide bonds. The molecular formula is C13H12FN3S. The van der Waals surface area contributed by atoms with E-state index in [4.69, 9.17) is 18.0 Å². The van der Waals surface area contributed by atoms with E-state index in [2.05, 4.69) is 10.3 Å². The van der Waals surface area contributed by atoms with E-state index in [0.29, 0.717) is 11.5 Å². The summed E-state index contributed by atoms with van der Waals surface area (Å²) in [7, 11) is 0. The minimum atomic E-state index is -0.238. The molecule has 0 aliphatic rings. The van der Waals surface area contributed by atoms with Crippen LogP contribution in [0.5, 0.6) is 0 Å². The van der Waals surface area contributed by atoms with Crippen molar-refractivity contribution in [1.82, 2.24) is 4.98 Å². The van der Waals surface area contributed by atoms with Crippen LogP contribution < -0.4 is 11.1 Å². The maximum atomic E-state index is 12.7. The van der Waals surface area contributed by atoms with Gasteiger partial charge >= 0.3 is 0 Å². The molecule has 2 rings (SSSR count). The van der Waals surface area contributed by atoms with Gasteiger partial charge in [-0.2, -0.15) is 0 Å². The van der Waals surface area contributed by atoms with Crippen molar-refractivity contribution in [3.05, 3.63) is 59.5 Å². The Labute approximate surface area is 110 Å². The lowest BCUT2D eigenvalue weighted by atomic mass is 10.2. The molecule has 0 aliphatic heterocycles. The standard InChI is InChI=1S/C13H12FN3S/c14-11-4-1-9(2-5-11)7-16-12-6-3-10(8-17-12)13(15)18/h1-6,8H,7H2,(H2,15,18)(H,16,17). The van der Waals surface area contributed by atoms with Crippen LogP contribution in [-0.2, 0) is 6.54 Å². The van der Waals surface area contributed by atoms with Crippen LogP contribution in [0.4, 0.5) is 10.2 Å². The molecule has 0 bridgehead atoms. The first-order chi connectivity index (χ1) is 8.65. The Bertz CT molecular complexity index is 537. The van der Waals surface area contributed by atoms with Gasteiger partial charge in [0.05, 0.1) is 0 Å². The van der Waals surface area contributed by atoms with Gasteiger partial charge in [-0.3, -0.25) is 0 Å². The van der Waals surface area contributed by atoms with Gasteiger partial charge in [0.15, 0.2) is 0 Å². The van der Waals surface area contributed by atoms with E-state index in [-0.39, 0.29) is 5.82 Å². The van der Waals surface area contributed by atoms with Gasteiger partial charge in [0.25, 0.3) is 0 Å². The molecule has 0 saturated carbocycles. The molecule has 18 heavy (non-hydrogen) atoms. The molecule has 3 nitrogen and oxygen atoms in total. The van der Waals surface area contributed by atoms with Gasteiger partial charge in [-0.1, -0.05) is 24.4 Å². The number of rotatable bonds is 4. The van der Waals surface area contributed by atoms with Crippen molar-refractivity contribution in [2.24, 2.45) is 5.73 Å². The summed E-state index contributed by atoms with van der Waals surface area (Å²) in [6.45, 7) is 0.583. The van der Waals surface area contributed by atoms with Crippen molar-refractivity contribution in [3.63, 3.8) is 0 Å². The van der Waals surface area contributed by atoms with Crippen LogP contribution in [0.2, 0.25) is 0 Å². The highest BCUT2D eigenvalue weighted by Gasteiger charge is 1.98. The highest BCUT2D eigenvalue weighted by molar-refractivity contribution is 7.80. The van der Waals surface area contributed by atoms with Crippen LogP contribution in [0.25, 0.3) is 0 Å². The normalized spacial score (nSPS) is 10.1. The van der Waals surface area contributed by atoms with Gasteiger partial charge in [0.1, 0.15) is 16.6 Å². The number of nitrogens with zero attached hydrogens (tertiary/aromatic N) is 1. The van der Waals surface area contributed by atoms with Crippen LogP contribution >= 0.6 is 12.2 Å². The molecule has 0 atom stereocenters. The second kappa shape index (κ2) is 5.55. The van der Waals surface area contributed by atoms with Crippen molar-refractivity contribution in [1.29, 1.82) is 0 Å². The summed E-state index contributed by atoms with van der Waals surface area (Å²) in [4.78, 5) is 4.51. The zero-order valence-electron chi connectivity index (χ0n) is 9.56. The van der Waals surface area contributed by atoms with Gasteiger partial charge in [-0.25, -0.2) is 9.37 Å². The first-order valence-electron chi connectivity index (χ1n) is 5.39. The summed E-state index contributed by atoms with van der Waals surface area (Å²) < 4.78 is 12.7. The number of thiocarbonyl (C=S) groups is 1. The summed E-state index contributed by atoms with van der Waals surface area (Å²) in [5.74, 6) is 0.483. The number of anilines is 1. The van der Waals surface area contributed by atoms with Crippen LogP contribution in [0.3, 0.4) is 0 Å². The molecule has 1 heterocycles. The summed E-state index contributed by atoms with van der Waals surface area (Å²) in [6, 6.07) is 9.93. The van der Waals surface area contributed by atoms with E-state index in [1.54, 1.807) is 24.4 Å². The molecule has 0 fully saturated rings. The Morgan fingerprint density at radius 3 is 2.50 bits per heavy atom. The van der Waals surface area contributed by atoms with E-state index in [9.17, 15) is 4.39 Å². The first kappa shape index (κ1) is 12.4. The molecule has 0 radical (unpaired) electrons. The number of nitrogens with two attached hydrogens (primary N) is 1. The highest BCUT2D eigenvalue weighted by Crippen LogP contribution is 2.08. The molecule has 0 spiro atoms. The van der Waals surface area contributed by atoms with E-state index < -0.39 is 0 Å². The molecule has 1 aromatic heterocycles. The number of aromatic nitrogens is 1. The predicted molar refractivity (Wildman–Crippen MR) is 73.9 cm³/mol. The Hall–Kier alpha value is -2.01. The summed E-state index contributed by atoms with van der Waals surface area (Å²) in [5.41, 5.74) is 7.20. The third-order valence-electron chi connectivity index (χ3n) is 2.43. The van der Waals surface area contributed by atoms with Crippen LogP contribution in [0, 0.1) is 5.82 Å². The molecule has 2 aromatic rings. The van der Waals surface area contributed by atoms with E-state index in [1.807, 2.05) is 6.07 Å². The lowest BCUT2D eigenvalue weighted by Crippen LogP contribution is -2.10. The van der Waals surface area contributed by atoms with Gasteiger partial charge < -0.3 is 11.1 Å². The van der Waals surface area contributed by atoms with Crippen LogP contribution in [0.15, 0.2) is 42.6 Å². The minimum Gasteiger partial charge on any atom is -0.389 e. The second-order valence-corrected chi connectivity index (χ2v) is 4.22. The molecule has 3 N–H and O–H groups in total. The topological polar surface area (TPSA) is 50.9 Å². The van der Waals surface area contributed by atoms with Crippen LogP contribution in [0.1, 0.15) is 11.1 Å². The number of hydrogen-bond donors (Lipinski definition) is 2. The number of hydrogen-bond acceptors (Lipinski definition) is 3. The Kier molecular flexibility index (Phi) is 3.84. The van der Waals surface area contributed by atoms with E-state index >= 15 is 0 Å².